The third-order valence-electron chi connectivity index (χ3n) is 3.60. The molecule has 0 unspecified atom stereocenters. The maximum Gasteiger partial charge on any atom is 0.407 e. The van der Waals surface area contributed by atoms with Gasteiger partial charge in [-0.25, -0.2) is 4.79 Å². The first kappa shape index (κ1) is 19.2. The number of pyridine rings is 1. The van der Waals surface area contributed by atoms with Crippen LogP contribution in [0.15, 0.2) is 42.6 Å². The van der Waals surface area contributed by atoms with Crippen LogP contribution in [-0.4, -0.2) is 37.2 Å². The molecule has 0 radical (unpaired) electrons. The van der Waals surface area contributed by atoms with Crippen molar-refractivity contribution in [1.29, 1.82) is 0 Å². The van der Waals surface area contributed by atoms with Crippen LogP contribution in [0, 0.1) is 0 Å². The molecule has 138 valence electrons. The predicted molar refractivity (Wildman–Crippen MR) is 97.1 cm³/mol. The Morgan fingerprint density at radius 2 is 2.00 bits per heavy atom. The minimum absolute atomic E-state index is 0.187. The van der Waals surface area contributed by atoms with Gasteiger partial charge in [-0.1, -0.05) is 12.1 Å². The first-order chi connectivity index (χ1) is 12.6. The average molecular weight is 357 g/mol. The van der Waals surface area contributed by atoms with E-state index >= 15 is 0 Å². The maximum absolute atomic E-state index is 12.3. The van der Waals surface area contributed by atoms with Gasteiger partial charge in [0, 0.05) is 18.3 Å². The molecule has 0 fully saturated rings. The molecule has 0 bridgehead atoms. The fraction of sp³-hybridized carbons (Fsp3) is 0.316. The molecule has 2 aromatic rings. The van der Waals surface area contributed by atoms with Gasteiger partial charge in [0.1, 0.15) is 5.75 Å². The standard InChI is InChI=1S/C19H23N3O4/c1-3-26-19(24)22-13-16-12-15(8-10-20-16)18(23)21-9-7-14-5-4-6-17(11-14)25-2/h4-6,8,10-12H,3,7,9,13H2,1-2H3,(H,21,23)(H,22,24). The summed E-state index contributed by atoms with van der Waals surface area (Å²) in [5.74, 6) is 0.606. The molecule has 2 rings (SSSR count). The summed E-state index contributed by atoms with van der Waals surface area (Å²) in [6.45, 7) is 2.73. The number of aromatic nitrogens is 1. The molecule has 0 aliphatic carbocycles. The van der Waals surface area contributed by atoms with Gasteiger partial charge < -0.3 is 20.1 Å². The lowest BCUT2D eigenvalue weighted by atomic mass is 10.1. The van der Waals surface area contributed by atoms with Gasteiger partial charge in [-0.2, -0.15) is 0 Å². The van der Waals surface area contributed by atoms with Crippen LogP contribution in [0.1, 0.15) is 28.5 Å². The number of hydrogen-bond donors (Lipinski definition) is 2. The largest absolute Gasteiger partial charge is 0.497 e. The number of nitrogens with one attached hydrogen (secondary N) is 2. The fourth-order valence-corrected chi connectivity index (χ4v) is 2.31. The van der Waals surface area contributed by atoms with Crippen LogP contribution in [0.2, 0.25) is 0 Å². The van der Waals surface area contributed by atoms with E-state index in [2.05, 4.69) is 15.6 Å². The third kappa shape index (κ3) is 6.08. The van der Waals surface area contributed by atoms with E-state index in [-0.39, 0.29) is 12.5 Å². The van der Waals surface area contributed by atoms with Gasteiger partial charge in [0.15, 0.2) is 0 Å². The molecule has 0 saturated carbocycles. The second-order valence-electron chi connectivity index (χ2n) is 5.47. The molecule has 0 atom stereocenters. The van der Waals surface area contributed by atoms with E-state index < -0.39 is 6.09 Å². The Balaban J connectivity index is 1.85. The zero-order valence-electron chi connectivity index (χ0n) is 15.0. The summed E-state index contributed by atoms with van der Waals surface area (Å²) in [6.07, 6.45) is 1.73. The quantitative estimate of drug-likeness (QED) is 0.757. The molecule has 0 spiro atoms. The SMILES string of the molecule is CCOC(=O)NCc1cc(C(=O)NCCc2cccc(OC)c2)ccn1. The van der Waals surface area contributed by atoms with E-state index in [0.29, 0.717) is 30.8 Å². The summed E-state index contributed by atoms with van der Waals surface area (Å²) < 4.78 is 9.97. The van der Waals surface area contributed by atoms with Crippen molar-refractivity contribution in [2.75, 3.05) is 20.3 Å². The van der Waals surface area contributed by atoms with E-state index in [0.717, 1.165) is 11.3 Å². The highest BCUT2D eigenvalue weighted by Crippen LogP contribution is 2.12. The molecule has 2 amide bonds. The maximum atomic E-state index is 12.3. The summed E-state index contributed by atoms with van der Waals surface area (Å²) in [7, 11) is 1.62. The van der Waals surface area contributed by atoms with Crippen molar-refractivity contribution >= 4 is 12.0 Å². The molecule has 7 heteroatoms. The molecule has 0 aliphatic heterocycles. The zero-order valence-corrected chi connectivity index (χ0v) is 15.0. The second-order valence-corrected chi connectivity index (χ2v) is 5.47. The molecule has 1 aromatic heterocycles. The van der Waals surface area contributed by atoms with E-state index in [4.69, 9.17) is 9.47 Å². The van der Waals surface area contributed by atoms with E-state index in [1.165, 1.54) is 0 Å². The Bertz CT molecular complexity index is 749. The smallest absolute Gasteiger partial charge is 0.407 e. The van der Waals surface area contributed by atoms with E-state index in [1.807, 2.05) is 24.3 Å². The number of rotatable bonds is 8. The number of carbonyl (C=O) groups is 2. The topological polar surface area (TPSA) is 89.5 Å². The van der Waals surface area contributed by atoms with Gasteiger partial charge in [0.05, 0.1) is 26.0 Å². The normalized spacial score (nSPS) is 10.1. The Morgan fingerprint density at radius 3 is 2.77 bits per heavy atom. The van der Waals surface area contributed by atoms with Crippen LogP contribution in [0.3, 0.4) is 0 Å². The number of benzene rings is 1. The number of amides is 2. The van der Waals surface area contributed by atoms with Crippen LogP contribution in [0.5, 0.6) is 5.75 Å². The van der Waals surface area contributed by atoms with Crippen LogP contribution in [0.4, 0.5) is 4.79 Å². The van der Waals surface area contributed by atoms with Gasteiger partial charge in [-0.15, -0.1) is 0 Å². The number of methoxy groups -OCH3 is 1. The monoisotopic (exact) mass is 357 g/mol. The van der Waals surface area contributed by atoms with Gasteiger partial charge in [0.2, 0.25) is 0 Å². The van der Waals surface area contributed by atoms with Crippen molar-refractivity contribution in [3.8, 4) is 5.75 Å². The molecule has 26 heavy (non-hydrogen) atoms. The summed E-state index contributed by atoms with van der Waals surface area (Å²) in [5, 5.41) is 5.45. The number of carbonyl (C=O) groups excluding carboxylic acids is 2. The highest BCUT2D eigenvalue weighted by atomic mass is 16.5. The minimum Gasteiger partial charge on any atom is -0.497 e. The molecule has 7 nitrogen and oxygen atoms in total. The lowest BCUT2D eigenvalue weighted by Gasteiger charge is -2.08. The Hall–Kier alpha value is -3.09. The Kier molecular flexibility index (Phi) is 7.42. The fourth-order valence-electron chi connectivity index (χ4n) is 2.31. The van der Waals surface area contributed by atoms with Gasteiger partial charge in [-0.3, -0.25) is 9.78 Å². The van der Waals surface area contributed by atoms with Crippen molar-refractivity contribution in [1.82, 2.24) is 15.6 Å². The summed E-state index contributed by atoms with van der Waals surface area (Å²) >= 11 is 0. The van der Waals surface area contributed by atoms with Crippen LogP contribution in [0.25, 0.3) is 0 Å². The van der Waals surface area contributed by atoms with E-state index in [9.17, 15) is 9.59 Å². The lowest BCUT2D eigenvalue weighted by molar-refractivity contribution is 0.0954. The molecule has 1 heterocycles. The van der Waals surface area contributed by atoms with Gasteiger partial charge in [-0.05, 0) is 43.2 Å². The summed E-state index contributed by atoms with van der Waals surface area (Å²) in [4.78, 5) is 27.7. The van der Waals surface area contributed by atoms with Crippen molar-refractivity contribution in [2.45, 2.75) is 19.9 Å². The van der Waals surface area contributed by atoms with Crippen LogP contribution in [-0.2, 0) is 17.7 Å². The zero-order chi connectivity index (χ0) is 18.8. The number of alkyl carbamates (subject to hydrolysis) is 1. The predicted octanol–water partition coefficient (Wildman–Crippen LogP) is 2.31. The summed E-state index contributed by atoms with van der Waals surface area (Å²) in [6, 6.07) is 11.0. The lowest BCUT2D eigenvalue weighted by Crippen LogP contribution is -2.27. The molecular formula is C19H23N3O4. The Labute approximate surface area is 152 Å². The van der Waals surface area contributed by atoms with Gasteiger partial charge >= 0.3 is 6.09 Å². The van der Waals surface area contributed by atoms with E-state index in [1.54, 1.807) is 32.4 Å². The highest BCUT2D eigenvalue weighted by molar-refractivity contribution is 5.94. The van der Waals surface area contributed by atoms with Crippen molar-refractivity contribution in [3.63, 3.8) is 0 Å². The van der Waals surface area contributed by atoms with Gasteiger partial charge in [0.25, 0.3) is 5.91 Å². The first-order valence-electron chi connectivity index (χ1n) is 8.39. The number of ether oxygens (including phenoxy) is 2. The van der Waals surface area contributed by atoms with Crippen LogP contribution >= 0.6 is 0 Å². The van der Waals surface area contributed by atoms with Crippen molar-refractivity contribution in [2.24, 2.45) is 0 Å². The Morgan fingerprint density at radius 1 is 1.15 bits per heavy atom. The number of nitrogens with zero attached hydrogens (tertiary/aromatic N) is 1. The second kappa shape index (κ2) is 10.0. The highest BCUT2D eigenvalue weighted by Gasteiger charge is 2.08. The number of hydrogen-bond acceptors (Lipinski definition) is 5. The molecule has 1 aromatic carbocycles. The third-order valence-corrected chi connectivity index (χ3v) is 3.60. The van der Waals surface area contributed by atoms with Crippen molar-refractivity contribution < 1.29 is 19.1 Å². The molecule has 2 N–H and O–H groups in total. The van der Waals surface area contributed by atoms with Crippen molar-refractivity contribution in [3.05, 3.63) is 59.4 Å². The van der Waals surface area contributed by atoms with Crippen LogP contribution < -0.4 is 15.4 Å². The molecule has 0 aliphatic rings. The first-order valence-corrected chi connectivity index (χ1v) is 8.39. The molecular weight excluding hydrogens is 334 g/mol. The molecule has 0 saturated heterocycles. The summed E-state index contributed by atoms with van der Waals surface area (Å²) in [5.41, 5.74) is 2.16. The minimum atomic E-state index is -0.512. The average Bonchev–Trinajstić information content (AvgIpc) is 2.67.